The standard InChI is InChI=1S/C16H18N6O2/c1-3-24-12-5-4-10(8-13(12)23-2)14(17)16-20-15(21-22-16)11-9-18-6-7-19-11/h4-9,14H,3,17H2,1-2H3,(H,20,21,22)/t14-/m0/s1. The molecule has 2 heterocycles. The number of aromatic amines is 1. The van der Waals surface area contributed by atoms with Crippen molar-refractivity contribution in [1.29, 1.82) is 0 Å². The van der Waals surface area contributed by atoms with E-state index < -0.39 is 6.04 Å². The molecule has 124 valence electrons. The molecule has 0 aliphatic heterocycles. The molecule has 8 heteroatoms. The number of nitrogens with one attached hydrogen (secondary N) is 1. The van der Waals surface area contributed by atoms with Crippen LogP contribution in [0.3, 0.4) is 0 Å². The summed E-state index contributed by atoms with van der Waals surface area (Å²) in [5.41, 5.74) is 7.70. The van der Waals surface area contributed by atoms with Gasteiger partial charge in [0.2, 0.25) is 5.82 Å². The average molecular weight is 326 g/mol. The Labute approximate surface area is 139 Å². The van der Waals surface area contributed by atoms with Gasteiger partial charge in [0.05, 0.1) is 26.0 Å². The molecule has 8 nitrogen and oxygen atoms in total. The fraction of sp³-hybridized carbons (Fsp3) is 0.250. The predicted molar refractivity (Wildman–Crippen MR) is 87.6 cm³/mol. The second kappa shape index (κ2) is 7.05. The normalized spacial score (nSPS) is 12.0. The van der Waals surface area contributed by atoms with E-state index in [4.69, 9.17) is 15.2 Å². The number of nitrogens with two attached hydrogens (primary N) is 1. The molecule has 0 aliphatic carbocycles. The van der Waals surface area contributed by atoms with Crippen LogP contribution in [-0.4, -0.2) is 38.9 Å². The predicted octanol–water partition coefficient (Wildman–Crippen LogP) is 1.72. The second-order valence-electron chi connectivity index (χ2n) is 4.96. The van der Waals surface area contributed by atoms with Gasteiger partial charge < -0.3 is 15.2 Å². The number of rotatable bonds is 6. The van der Waals surface area contributed by atoms with E-state index in [-0.39, 0.29) is 0 Å². The van der Waals surface area contributed by atoms with E-state index >= 15 is 0 Å². The van der Waals surface area contributed by atoms with Crippen LogP contribution in [0.25, 0.3) is 11.5 Å². The summed E-state index contributed by atoms with van der Waals surface area (Å²) in [5.74, 6) is 2.28. The highest BCUT2D eigenvalue weighted by Crippen LogP contribution is 2.31. The zero-order chi connectivity index (χ0) is 16.9. The number of methoxy groups -OCH3 is 1. The molecule has 1 aromatic carbocycles. The molecule has 3 aromatic rings. The lowest BCUT2D eigenvalue weighted by Gasteiger charge is -2.13. The third-order valence-corrected chi connectivity index (χ3v) is 3.44. The number of ether oxygens (including phenoxy) is 2. The van der Waals surface area contributed by atoms with Crippen LogP contribution in [-0.2, 0) is 0 Å². The molecular formula is C16H18N6O2. The lowest BCUT2D eigenvalue weighted by Crippen LogP contribution is -2.14. The summed E-state index contributed by atoms with van der Waals surface area (Å²) < 4.78 is 10.9. The number of nitrogens with zero attached hydrogens (tertiary/aromatic N) is 4. The van der Waals surface area contributed by atoms with E-state index in [9.17, 15) is 0 Å². The van der Waals surface area contributed by atoms with Gasteiger partial charge in [-0.05, 0) is 24.6 Å². The van der Waals surface area contributed by atoms with Gasteiger partial charge in [0.1, 0.15) is 11.5 Å². The Morgan fingerprint density at radius 1 is 1.25 bits per heavy atom. The Hall–Kier alpha value is -3.00. The van der Waals surface area contributed by atoms with Crippen molar-refractivity contribution in [3.05, 3.63) is 48.2 Å². The Morgan fingerprint density at radius 3 is 2.83 bits per heavy atom. The van der Waals surface area contributed by atoms with Gasteiger partial charge in [-0.2, -0.15) is 5.10 Å². The summed E-state index contributed by atoms with van der Waals surface area (Å²) in [4.78, 5) is 12.6. The number of benzene rings is 1. The summed E-state index contributed by atoms with van der Waals surface area (Å²) in [6.45, 7) is 2.48. The molecule has 0 amide bonds. The largest absolute Gasteiger partial charge is 0.493 e. The van der Waals surface area contributed by atoms with Gasteiger partial charge in [0.15, 0.2) is 11.5 Å². The minimum atomic E-state index is -0.479. The zero-order valence-electron chi connectivity index (χ0n) is 13.4. The Kier molecular flexibility index (Phi) is 4.66. The topological polar surface area (TPSA) is 112 Å². The first-order valence-corrected chi connectivity index (χ1v) is 7.48. The average Bonchev–Trinajstić information content (AvgIpc) is 3.12. The van der Waals surface area contributed by atoms with Crippen LogP contribution in [0.5, 0.6) is 11.5 Å². The van der Waals surface area contributed by atoms with Crippen LogP contribution in [0.2, 0.25) is 0 Å². The molecule has 0 spiro atoms. The second-order valence-corrected chi connectivity index (χ2v) is 4.96. The highest BCUT2D eigenvalue weighted by molar-refractivity contribution is 5.47. The maximum absolute atomic E-state index is 6.29. The van der Waals surface area contributed by atoms with Crippen LogP contribution in [0.15, 0.2) is 36.8 Å². The molecule has 3 rings (SSSR count). The third-order valence-electron chi connectivity index (χ3n) is 3.44. The molecule has 0 bridgehead atoms. The van der Waals surface area contributed by atoms with Gasteiger partial charge in [0.25, 0.3) is 0 Å². The number of hydrogen-bond donors (Lipinski definition) is 2. The maximum Gasteiger partial charge on any atom is 0.201 e. The van der Waals surface area contributed by atoms with Crippen molar-refractivity contribution in [3.63, 3.8) is 0 Å². The van der Waals surface area contributed by atoms with Crippen LogP contribution < -0.4 is 15.2 Å². The molecule has 2 aromatic heterocycles. The minimum absolute atomic E-state index is 0.450. The first-order chi connectivity index (χ1) is 11.7. The highest BCUT2D eigenvalue weighted by atomic mass is 16.5. The summed E-state index contributed by atoms with van der Waals surface area (Å²) >= 11 is 0. The van der Waals surface area contributed by atoms with Crippen LogP contribution >= 0.6 is 0 Å². The van der Waals surface area contributed by atoms with Crippen LogP contribution in [0.1, 0.15) is 24.4 Å². The Balaban J connectivity index is 1.87. The van der Waals surface area contributed by atoms with Gasteiger partial charge in [0, 0.05) is 12.4 Å². The molecule has 0 saturated heterocycles. The SMILES string of the molecule is CCOc1ccc([C@H](N)c2nc(-c3cnccn3)n[nH]2)cc1OC. The van der Waals surface area contributed by atoms with Crippen LogP contribution in [0, 0.1) is 0 Å². The Morgan fingerprint density at radius 2 is 2.12 bits per heavy atom. The van der Waals surface area contributed by atoms with Crippen LogP contribution in [0.4, 0.5) is 0 Å². The van der Waals surface area contributed by atoms with Crippen molar-refractivity contribution < 1.29 is 9.47 Å². The van der Waals surface area contributed by atoms with Gasteiger partial charge in [-0.25, -0.2) is 9.97 Å². The summed E-state index contributed by atoms with van der Waals surface area (Å²) in [5, 5.41) is 7.00. The molecule has 3 N–H and O–H groups in total. The first-order valence-electron chi connectivity index (χ1n) is 7.48. The number of hydrogen-bond acceptors (Lipinski definition) is 7. The quantitative estimate of drug-likeness (QED) is 0.709. The van der Waals surface area contributed by atoms with E-state index in [2.05, 4.69) is 25.1 Å². The molecule has 24 heavy (non-hydrogen) atoms. The molecule has 0 radical (unpaired) electrons. The first kappa shape index (κ1) is 15.9. The van der Waals surface area contributed by atoms with E-state index in [0.717, 1.165) is 5.56 Å². The molecule has 1 atom stereocenters. The summed E-state index contributed by atoms with van der Waals surface area (Å²) in [6, 6.07) is 5.06. The molecule has 0 aliphatic rings. The van der Waals surface area contributed by atoms with Crippen molar-refractivity contribution in [2.75, 3.05) is 13.7 Å². The van der Waals surface area contributed by atoms with E-state index in [1.807, 2.05) is 25.1 Å². The maximum atomic E-state index is 6.29. The lowest BCUT2D eigenvalue weighted by molar-refractivity contribution is 0.310. The van der Waals surface area contributed by atoms with Gasteiger partial charge in [-0.3, -0.25) is 10.1 Å². The van der Waals surface area contributed by atoms with E-state index in [0.29, 0.717) is 35.4 Å². The van der Waals surface area contributed by atoms with Gasteiger partial charge >= 0.3 is 0 Å². The smallest absolute Gasteiger partial charge is 0.201 e. The van der Waals surface area contributed by atoms with E-state index in [1.165, 1.54) is 0 Å². The van der Waals surface area contributed by atoms with Crippen molar-refractivity contribution in [2.45, 2.75) is 13.0 Å². The summed E-state index contributed by atoms with van der Waals surface area (Å²) in [7, 11) is 1.59. The Bertz CT molecular complexity index is 805. The van der Waals surface area contributed by atoms with Crippen molar-refractivity contribution in [3.8, 4) is 23.0 Å². The van der Waals surface area contributed by atoms with Crippen molar-refractivity contribution in [1.82, 2.24) is 25.1 Å². The fourth-order valence-corrected chi connectivity index (χ4v) is 2.25. The molecular weight excluding hydrogens is 308 g/mol. The highest BCUT2D eigenvalue weighted by Gasteiger charge is 2.17. The minimum Gasteiger partial charge on any atom is -0.493 e. The lowest BCUT2D eigenvalue weighted by atomic mass is 10.1. The zero-order valence-corrected chi connectivity index (χ0v) is 13.4. The number of aromatic nitrogens is 5. The monoisotopic (exact) mass is 326 g/mol. The molecule has 0 unspecified atom stereocenters. The fourth-order valence-electron chi connectivity index (χ4n) is 2.25. The molecule has 0 fully saturated rings. The molecule has 0 saturated carbocycles. The third kappa shape index (κ3) is 3.18. The number of H-pyrrole nitrogens is 1. The summed E-state index contributed by atoms with van der Waals surface area (Å²) in [6.07, 6.45) is 4.77. The van der Waals surface area contributed by atoms with Gasteiger partial charge in [-0.1, -0.05) is 6.07 Å². The van der Waals surface area contributed by atoms with E-state index in [1.54, 1.807) is 25.7 Å². The van der Waals surface area contributed by atoms with Gasteiger partial charge in [-0.15, -0.1) is 0 Å². The van der Waals surface area contributed by atoms with Crippen molar-refractivity contribution in [2.24, 2.45) is 5.73 Å². The van der Waals surface area contributed by atoms with Crippen molar-refractivity contribution >= 4 is 0 Å².